The number of rotatable bonds is 6. The van der Waals surface area contributed by atoms with Crippen LogP contribution in [0.2, 0.25) is 0 Å². The monoisotopic (exact) mass is 280 g/mol. The maximum absolute atomic E-state index is 9.35. The zero-order valence-corrected chi connectivity index (χ0v) is 12.4. The maximum Gasteiger partial charge on any atom is 0.231 e. The van der Waals surface area contributed by atoms with E-state index in [-0.39, 0.29) is 6.61 Å². The number of nitrogens with one attached hydrogen (secondary N) is 2. The lowest BCUT2D eigenvalue weighted by molar-refractivity contribution is 0.199. The van der Waals surface area contributed by atoms with Crippen LogP contribution in [0, 0.1) is 11.8 Å². The first-order chi connectivity index (χ1) is 9.63. The third-order valence-corrected chi connectivity index (χ3v) is 3.82. The van der Waals surface area contributed by atoms with Crippen LogP contribution in [-0.4, -0.2) is 54.4 Å². The van der Waals surface area contributed by atoms with Crippen LogP contribution in [0.3, 0.4) is 0 Å². The SMILES string of the molecule is CNc1nc(NCC2CCCC2CO)nc(N(C)C)n1. The summed E-state index contributed by atoms with van der Waals surface area (Å²) in [5.74, 6) is 2.66. The molecular weight excluding hydrogens is 256 g/mol. The van der Waals surface area contributed by atoms with Crippen molar-refractivity contribution >= 4 is 17.8 Å². The summed E-state index contributed by atoms with van der Waals surface area (Å²) in [7, 11) is 5.59. The van der Waals surface area contributed by atoms with Gasteiger partial charge < -0.3 is 20.6 Å². The van der Waals surface area contributed by atoms with Crippen LogP contribution < -0.4 is 15.5 Å². The van der Waals surface area contributed by atoms with Gasteiger partial charge in [-0.15, -0.1) is 0 Å². The molecule has 7 heteroatoms. The van der Waals surface area contributed by atoms with Gasteiger partial charge in [0.2, 0.25) is 17.8 Å². The molecule has 1 aromatic heterocycles. The van der Waals surface area contributed by atoms with Crippen LogP contribution in [0.25, 0.3) is 0 Å². The number of aliphatic hydroxyl groups is 1. The van der Waals surface area contributed by atoms with Gasteiger partial charge >= 0.3 is 0 Å². The molecule has 1 aromatic rings. The molecule has 2 atom stereocenters. The Morgan fingerprint density at radius 3 is 2.50 bits per heavy atom. The predicted molar refractivity (Wildman–Crippen MR) is 80.1 cm³/mol. The molecule has 2 rings (SSSR count). The van der Waals surface area contributed by atoms with E-state index in [1.165, 1.54) is 6.42 Å². The van der Waals surface area contributed by atoms with Crippen LogP contribution in [0.1, 0.15) is 19.3 Å². The van der Waals surface area contributed by atoms with Gasteiger partial charge in [0, 0.05) is 34.3 Å². The first kappa shape index (κ1) is 14.8. The topological polar surface area (TPSA) is 86.2 Å². The Kier molecular flexibility index (Phi) is 4.94. The summed E-state index contributed by atoms with van der Waals surface area (Å²) in [5, 5.41) is 15.6. The summed E-state index contributed by atoms with van der Waals surface area (Å²) in [6.45, 7) is 1.07. The molecule has 0 saturated heterocycles. The summed E-state index contributed by atoms with van der Waals surface area (Å²) in [6, 6.07) is 0. The van der Waals surface area contributed by atoms with Gasteiger partial charge in [-0.25, -0.2) is 0 Å². The molecule has 1 fully saturated rings. The fourth-order valence-electron chi connectivity index (χ4n) is 2.60. The molecule has 1 heterocycles. The lowest BCUT2D eigenvalue weighted by Gasteiger charge is -2.18. The van der Waals surface area contributed by atoms with Crippen LogP contribution >= 0.6 is 0 Å². The van der Waals surface area contributed by atoms with Gasteiger partial charge in [0.25, 0.3) is 0 Å². The highest BCUT2D eigenvalue weighted by Crippen LogP contribution is 2.31. The highest BCUT2D eigenvalue weighted by atomic mass is 16.3. The Morgan fingerprint density at radius 1 is 1.15 bits per heavy atom. The molecule has 112 valence electrons. The van der Waals surface area contributed by atoms with Crippen LogP contribution in [0.5, 0.6) is 0 Å². The minimum absolute atomic E-state index is 0.272. The number of aliphatic hydroxyl groups excluding tert-OH is 1. The number of hydrogen-bond acceptors (Lipinski definition) is 7. The Hall–Kier alpha value is -1.63. The van der Waals surface area contributed by atoms with E-state index in [4.69, 9.17) is 0 Å². The van der Waals surface area contributed by atoms with Gasteiger partial charge in [-0.2, -0.15) is 15.0 Å². The second kappa shape index (κ2) is 6.69. The lowest BCUT2D eigenvalue weighted by atomic mass is 9.97. The lowest BCUT2D eigenvalue weighted by Crippen LogP contribution is -2.23. The largest absolute Gasteiger partial charge is 0.396 e. The molecule has 0 aliphatic heterocycles. The van der Waals surface area contributed by atoms with Crippen molar-refractivity contribution < 1.29 is 5.11 Å². The summed E-state index contributed by atoms with van der Waals surface area (Å²) < 4.78 is 0. The second-order valence-corrected chi connectivity index (χ2v) is 5.44. The summed E-state index contributed by atoms with van der Waals surface area (Å²) in [6.07, 6.45) is 3.47. The second-order valence-electron chi connectivity index (χ2n) is 5.44. The first-order valence-electron chi connectivity index (χ1n) is 7.10. The highest BCUT2D eigenvalue weighted by Gasteiger charge is 2.26. The summed E-state index contributed by atoms with van der Waals surface area (Å²) in [4.78, 5) is 14.8. The molecule has 1 aliphatic carbocycles. The molecule has 0 bridgehead atoms. The van der Waals surface area contributed by atoms with Crippen molar-refractivity contribution in [3.05, 3.63) is 0 Å². The molecule has 0 aromatic carbocycles. The van der Waals surface area contributed by atoms with E-state index in [1.54, 1.807) is 7.05 Å². The van der Waals surface area contributed by atoms with Crippen molar-refractivity contribution in [3.63, 3.8) is 0 Å². The third kappa shape index (κ3) is 3.47. The molecule has 1 aliphatic rings. The molecule has 1 saturated carbocycles. The fraction of sp³-hybridized carbons (Fsp3) is 0.769. The van der Waals surface area contributed by atoms with Crippen molar-refractivity contribution in [1.29, 1.82) is 0 Å². The Morgan fingerprint density at radius 2 is 1.85 bits per heavy atom. The normalized spacial score (nSPS) is 21.8. The van der Waals surface area contributed by atoms with E-state index < -0.39 is 0 Å². The van der Waals surface area contributed by atoms with Gasteiger partial charge in [0.15, 0.2) is 0 Å². The average Bonchev–Trinajstić information content (AvgIpc) is 2.92. The van der Waals surface area contributed by atoms with E-state index in [2.05, 4.69) is 25.6 Å². The minimum atomic E-state index is 0.272. The molecule has 2 unspecified atom stereocenters. The van der Waals surface area contributed by atoms with E-state index in [9.17, 15) is 5.11 Å². The van der Waals surface area contributed by atoms with Gasteiger partial charge in [0.05, 0.1) is 0 Å². The quantitative estimate of drug-likeness (QED) is 0.710. The molecule has 0 spiro atoms. The fourth-order valence-corrected chi connectivity index (χ4v) is 2.60. The Balaban J connectivity index is 2.03. The maximum atomic E-state index is 9.35. The molecular formula is C13H24N6O. The number of anilines is 3. The summed E-state index contributed by atoms with van der Waals surface area (Å²) >= 11 is 0. The zero-order chi connectivity index (χ0) is 14.5. The third-order valence-electron chi connectivity index (χ3n) is 3.82. The van der Waals surface area contributed by atoms with Crippen molar-refractivity contribution in [2.45, 2.75) is 19.3 Å². The zero-order valence-electron chi connectivity index (χ0n) is 12.4. The van der Waals surface area contributed by atoms with Crippen molar-refractivity contribution in [3.8, 4) is 0 Å². The van der Waals surface area contributed by atoms with E-state index in [1.807, 2.05) is 19.0 Å². The Bertz CT molecular complexity index is 439. The van der Waals surface area contributed by atoms with E-state index >= 15 is 0 Å². The summed E-state index contributed by atoms with van der Waals surface area (Å²) in [5.41, 5.74) is 0. The van der Waals surface area contributed by atoms with Crippen LogP contribution in [-0.2, 0) is 0 Å². The first-order valence-corrected chi connectivity index (χ1v) is 7.10. The number of aromatic nitrogens is 3. The van der Waals surface area contributed by atoms with Gasteiger partial charge in [-0.3, -0.25) is 0 Å². The standard InChI is InChI=1S/C13H24N6O/c1-14-11-16-12(18-13(17-11)19(2)3)15-7-9-5-4-6-10(9)8-20/h9-10,20H,4-8H2,1-3H3,(H2,14,15,16,17,18). The molecule has 20 heavy (non-hydrogen) atoms. The smallest absolute Gasteiger partial charge is 0.231 e. The van der Waals surface area contributed by atoms with Crippen LogP contribution in [0.4, 0.5) is 17.8 Å². The van der Waals surface area contributed by atoms with Gasteiger partial charge in [0.1, 0.15) is 0 Å². The molecule has 0 radical (unpaired) electrons. The predicted octanol–water partition coefficient (Wildman–Crippen LogP) is 0.800. The number of nitrogens with zero attached hydrogens (tertiary/aromatic N) is 4. The van der Waals surface area contributed by atoms with Crippen molar-refractivity contribution in [1.82, 2.24) is 15.0 Å². The van der Waals surface area contributed by atoms with Gasteiger partial charge in [-0.1, -0.05) is 6.42 Å². The average molecular weight is 280 g/mol. The highest BCUT2D eigenvalue weighted by molar-refractivity contribution is 5.42. The van der Waals surface area contributed by atoms with Crippen molar-refractivity contribution in [2.75, 3.05) is 49.8 Å². The minimum Gasteiger partial charge on any atom is -0.396 e. The number of hydrogen-bond donors (Lipinski definition) is 3. The van der Waals surface area contributed by atoms with E-state index in [0.717, 1.165) is 19.4 Å². The van der Waals surface area contributed by atoms with Crippen LogP contribution in [0.15, 0.2) is 0 Å². The Labute approximate surface area is 119 Å². The van der Waals surface area contributed by atoms with Gasteiger partial charge in [-0.05, 0) is 24.7 Å². The van der Waals surface area contributed by atoms with Crippen molar-refractivity contribution in [2.24, 2.45) is 11.8 Å². The van der Waals surface area contributed by atoms with E-state index in [0.29, 0.717) is 29.7 Å². The molecule has 0 amide bonds. The molecule has 7 nitrogen and oxygen atoms in total. The molecule has 3 N–H and O–H groups in total.